The molecule has 2 N–H and O–H groups in total. The van der Waals surface area contributed by atoms with Gasteiger partial charge in [-0.05, 0) is 36.5 Å². The predicted molar refractivity (Wildman–Crippen MR) is 86.2 cm³/mol. The van der Waals surface area contributed by atoms with E-state index in [1.54, 1.807) is 0 Å². The zero-order valence-corrected chi connectivity index (χ0v) is 12.7. The predicted octanol–water partition coefficient (Wildman–Crippen LogP) is 3.62. The van der Waals surface area contributed by atoms with E-state index in [0.717, 1.165) is 44.1 Å². The molecule has 20 heavy (non-hydrogen) atoms. The Morgan fingerprint density at radius 2 is 2.15 bits per heavy atom. The van der Waals surface area contributed by atoms with Crippen LogP contribution in [0.5, 0.6) is 5.75 Å². The third kappa shape index (κ3) is 4.87. The van der Waals surface area contributed by atoms with Gasteiger partial charge in [0.05, 0.1) is 6.61 Å². The van der Waals surface area contributed by atoms with Crippen LogP contribution in [0.25, 0.3) is 0 Å². The highest BCUT2D eigenvalue weighted by Gasteiger charge is 2.04. The van der Waals surface area contributed by atoms with Crippen LogP contribution < -0.4 is 10.5 Å². The molecule has 1 aromatic heterocycles. The quantitative estimate of drug-likeness (QED) is 0.596. The van der Waals surface area contributed by atoms with Gasteiger partial charge in [0.2, 0.25) is 0 Å². The van der Waals surface area contributed by atoms with Crippen LogP contribution in [0.15, 0.2) is 41.8 Å². The molecule has 0 radical (unpaired) electrons. The van der Waals surface area contributed by atoms with Crippen LogP contribution in [-0.2, 0) is 6.54 Å². The van der Waals surface area contributed by atoms with Crippen molar-refractivity contribution in [2.24, 2.45) is 0 Å². The van der Waals surface area contributed by atoms with Crippen molar-refractivity contribution in [3.63, 3.8) is 0 Å². The molecule has 1 heterocycles. The number of hydrogen-bond acceptors (Lipinski definition) is 4. The van der Waals surface area contributed by atoms with Crippen molar-refractivity contribution in [2.45, 2.75) is 19.9 Å². The lowest BCUT2D eigenvalue weighted by Gasteiger charge is -2.19. The van der Waals surface area contributed by atoms with E-state index < -0.39 is 0 Å². The molecule has 3 nitrogen and oxygen atoms in total. The molecule has 0 atom stereocenters. The first-order chi connectivity index (χ1) is 9.78. The number of nitrogens with two attached hydrogens (primary N) is 1. The molecule has 1 aromatic carbocycles. The van der Waals surface area contributed by atoms with E-state index in [2.05, 4.69) is 29.3 Å². The van der Waals surface area contributed by atoms with Crippen molar-refractivity contribution in [2.75, 3.05) is 25.4 Å². The molecule has 0 unspecified atom stereocenters. The lowest BCUT2D eigenvalue weighted by Crippen LogP contribution is -2.24. The lowest BCUT2D eigenvalue weighted by atomic mass is 10.3. The summed E-state index contributed by atoms with van der Waals surface area (Å²) in [5.74, 6) is 0.853. The zero-order chi connectivity index (χ0) is 14.2. The molecule has 2 aromatic rings. The molecule has 0 amide bonds. The van der Waals surface area contributed by atoms with E-state index in [1.165, 1.54) is 4.88 Å². The van der Waals surface area contributed by atoms with E-state index in [9.17, 15) is 0 Å². The highest BCUT2D eigenvalue weighted by molar-refractivity contribution is 7.09. The summed E-state index contributed by atoms with van der Waals surface area (Å²) in [6.07, 6.45) is 1.02. The topological polar surface area (TPSA) is 38.5 Å². The molecule has 4 heteroatoms. The minimum Gasteiger partial charge on any atom is -0.493 e. The summed E-state index contributed by atoms with van der Waals surface area (Å²) >= 11 is 1.82. The smallest absolute Gasteiger partial charge is 0.121 e. The molecule has 2 rings (SSSR count). The Bertz CT molecular complexity index is 499. The van der Waals surface area contributed by atoms with Crippen LogP contribution in [0.4, 0.5) is 5.69 Å². The summed E-state index contributed by atoms with van der Waals surface area (Å²) in [6, 6.07) is 11.9. The Hall–Kier alpha value is -1.52. The summed E-state index contributed by atoms with van der Waals surface area (Å²) in [4.78, 5) is 3.86. The van der Waals surface area contributed by atoms with Crippen molar-refractivity contribution in [3.05, 3.63) is 46.7 Å². The van der Waals surface area contributed by atoms with Gasteiger partial charge in [0.1, 0.15) is 5.75 Å². The van der Waals surface area contributed by atoms with Crippen LogP contribution in [0.1, 0.15) is 18.2 Å². The van der Waals surface area contributed by atoms with Crippen molar-refractivity contribution < 1.29 is 4.74 Å². The largest absolute Gasteiger partial charge is 0.493 e. The Balaban J connectivity index is 1.69. The third-order valence-electron chi connectivity index (χ3n) is 3.15. The monoisotopic (exact) mass is 290 g/mol. The van der Waals surface area contributed by atoms with Crippen LogP contribution in [0, 0.1) is 0 Å². The number of nitrogens with zero attached hydrogens (tertiary/aromatic N) is 1. The Morgan fingerprint density at radius 3 is 2.85 bits per heavy atom. The summed E-state index contributed by atoms with van der Waals surface area (Å²) < 4.78 is 5.71. The molecule has 0 bridgehead atoms. The number of hydrogen-bond donors (Lipinski definition) is 1. The average molecular weight is 290 g/mol. The molecular weight excluding hydrogens is 268 g/mol. The Labute approximate surface area is 125 Å². The van der Waals surface area contributed by atoms with Gasteiger partial charge in [-0.15, -0.1) is 11.3 Å². The maximum atomic E-state index is 5.72. The number of anilines is 1. The standard InChI is InChI=1S/C16H22N2OS/c1-2-18(13-16-8-4-11-20-16)9-5-10-19-15-7-3-6-14(17)12-15/h3-4,6-8,11-12H,2,5,9-10,13,17H2,1H3. The Morgan fingerprint density at radius 1 is 1.25 bits per heavy atom. The first kappa shape index (κ1) is 14.9. The molecule has 0 saturated heterocycles. The van der Waals surface area contributed by atoms with E-state index in [0.29, 0.717) is 0 Å². The molecule has 0 aliphatic heterocycles. The van der Waals surface area contributed by atoms with Gasteiger partial charge < -0.3 is 10.5 Å². The fraction of sp³-hybridized carbons (Fsp3) is 0.375. The molecule has 108 valence electrons. The highest BCUT2D eigenvalue weighted by Crippen LogP contribution is 2.15. The van der Waals surface area contributed by atoms with Gasteiger partial charge >= 0.3 is 0 Å². The number of ether oxygens (including phenoxy) is 1. The van der Waals surface area contributed by atoms with Crippen LogP contribution >= 0.6 is 11.3 Å². The van der Waals surface area contributed by atoms with Gasteiger partial charge in [-0.3, -0.25) is 4.90 Å². The van der Waals surface area contributed by atoms with Gasteiger partial charge in [0.25, 0.3) is 0 Å². The maximum Gasteiger partial charge on any atom is 0.121 e. The van der Waals surface area contributed by atoms with Crippen molar-refractivity contribution in [1.29, 1.82) is 0 Å². The molecule has 0 fully saturated rings. The van der Waals surface area contributed by atoms with Crippen molar-refractivity contribution in [1.82, 2.24) is 4.90 Å². The van der Waals surface area contributed by atoms with Gasteiger partial charge in [0.15, 0.2) is 0 Å². The van der Waals surface area contributed by atoms with Gasteiger partial charge in [-0.25, -0.2) is 0 Å². The molecular formula is C16H22N2OS. The summed E-state index contributed by atoms with van der Waals surface area (Å²) in [5, 5.41) is 2.13. The highest BCUT2D eigenvalue weighted by atomic mass is 32.1. The zero-order valence-electron chi connectivity index (χ0n) is 11.9. The van der Waals surface area contributed by atoms with Crippen molar-refractivity contribution in [3.8, 4) is 5.75 Å². The number of nitrogen functional groups attached to an aromatic ring is 1. The summed E-state index contributed by atoms with van der Waals surface area (Å²) in [6.45, 7) is 6.08. The third-order valence-corrected chi connectivity index (χ3v) is 4.01. The molecule has 0 spiro atoms. The fourth-order valence-corrected chi connectivity index (χ4v) is 2.80. The average Bonchev–Trinajstić information content (AvgIpc) is 2.95. The second-order valence-corrected chi connectivity index (χ2v) is 5.75. The van der Waals surface area contributed by atoms with Gasteiger partial charge in [0, 0.05) is 29.7 Å². The first-order valence-electron chi connectivity index (χ1n) is 7.01. The van der Waals surface area contributed by atoms with E-state index in [1.807, 2.05) is 35.6 Å². The van der Waals surface area contributed by atoms with Crippen LogP contribution in [-0.4, -0.2) is 24.6 Å². The lowest BCUT2D eigenvalue weighted by molar-refractivity contribution is 0.237. The summed E-state index contributed by atoms with van der Waals surface area (Å²) in [5.41, 5.74) is 6.47. The summed E-state index contributed by atoms with van der Waals surface area (Å²) in [7, 11) is 0. The molecule has 0 aliphatic rings. The van der Waals surface area contributed by atoms with Gasteiger partial charge in [-0.1, -0.05) is 19.1 Å². The molecule has 0 saturated carbocycles. The Kier molecular flexibility index (Phi) is 5.89. The number of benzene rings is 1. The minimum absolute atomic E-state index is 0.727. The number of rotatable bonds is 8. The molecule has 0 aliphatic carbocycles. The second-order valence-electron chi connectivity index (χ2n) is 4.72. The van der Waals surface area contributed by atoms with Gasteiger partial charge in [-0.2, -0.15) is 0 Å². The van der Waals surface area contributed by atoms with Crippen molar-refractivity contribution >= 4 is 17.0 Å². The maximum absolute atomic E-state index is 5.72. The first-order valence-corrected chi connectivity index (χ1v) is 7.89. The van der Waals surface area contributed by atoms with Crippen LogP contribution in [0.2, 0.25) is 0 Å². The van der Waals surface area contributed by atoms with E-state index in [4.69, 9.17) is 10.5 Å². The fourth-order valence-electron chi connectivity index (χ4n) is 2.05. The normalized spacial score (nSPS) is 10.9. The second kappa shape index (κ2) is 7.92. The minimum atomic E-state index is 0.727. The van der Waals surface area contributed by atoms with Crippen LogP contribution in [0.3, 0.4) is 0 Å². The number of thiophene rings is 1. The van der Waals surface area contributed by atoms with E-state index in [-0.39, 0.29) is 0 Å². The van der Waals surface area contributed by atoms with E-state index >= 15 is 0 Å². The SMILES string of the molecule is CCN(CCCOc1cccc(N)c1)Cc1cccs1.